The Morgan fingerprint density at radius 3 is 3.22 bits per heavy atom. The fourth-order valence-electron chi connectivity index (χ4n) is 1.56. The summed E-state index contributed by atoms with van der Waals surface area (Å²) in [5, 5.41) is 8.98. The lowest BCUT2D eigenvalue weighted by molar-refractivity contribution is -0.0891. The second-order valence-electron chi connectivity index (χ2n) is 2.69. The van der Waals surface area contributed by atoms with Gasteiger partial charge in [0.15, 0.2) is 6.29 Å². The van der Waals surface area contributed by atoms with E-state index in [9.17, 15) is 0 Å². The molecule has 0 saturated carbocycles. The molecule has 0 amide bonds. The lowest BCUT2D eigenvalue weighted by Crippen LogP contribution is -2.09. The first-order valence-electron chi connectivity index (χ1n) is 3.36. The fraction of sp³-hybridized carbons (Fsp3) is 0.714. The molecule has 2 heteroatoms. The van der Waals surface area contributed by atoms with Crippen molar-refractivity contribution >= 4 is 0 Å². The zero-order valence-corrected chi connectivity index (χ0v) is 5.16. The Morgan fingerprint density at radius 1 is 1.56 bits per heavy atom. The monoisotopic (exact) mass is 126 g/mol. The van der Waals surface area contributed by atoms with Gasteiger partial charge in [0.1, 0.15) is 0 Å². The Hall–Kier alpha value is -0.340. The molecule has 9 heavy (non-hydrogen) atoms. The molecule has 1 N–H and O–H groups in total. The Morgan fingerprint density at radius 2 is 2.44 bits per heavy atom. The predicted molar refractivity (Wildman–Crippen MR) is 32.7 cm³/mol. The molecule has 0 aromatic heterocycles. The van der Waals surface area contributed by atoms with E-state index in [0.29, 0.717) is 12.0 Å². The van der Waals surface area contributed by atoms with Gasteiger partial charge in [-0.15, -0.1) is 0 Å². The maximum absolute atomic E-state index is 8.98. The van der Waals surface area contributed by atoms with E-state index in [-0.39, 0.29) is 0 Å². The van der Waals surface area contributed by atoms with E-state index in [1.54, 1.807) is 0 Å². The van der Waals surface area contributed by atoms with E-state index in [4.69, 9.17) is 9.84 Å². The van der Waals surface area contributed by atoms with E-state index in [0.717, 1.165) is 12.8 Å². The van der Waals surface area contributed by atoms with Crippen LogP contribution in [0.4, 0.5) is 0 Å². The van der Waals surface area contributed by atoms with Crippen molar-refractivity contribution in [2.45, 2.75) is 25.2 Å². The zero-order valence-electron chi connectivity index (χ0n) is 5.16. The number of hydrogen-bond donors (Lipinski definition) is 1. The molecule has 0 aromatic carbocycles. The van der Waals surface area contributed by atoms with Crippen LogP contribution in [0.2, 0.25) is 0 Å². The van der Waals surface area contributed by atoms with E-state index >= 15 is 0 Å². The predicted octanol–water partition coefficient (Wildman–Crippen LogP) is 0.670. The minimum atomic E-state index is -0.495. The van der Waals surface area contributed by atoms with Crippen LogP contribution in [-0.2, 0) is 4.74 Å². The van der Waals surface area contributed by atoms with Gasteiger partial charge in [0.25, 0.3) is 0 Å². The molecule has 0 bridgehead atoms. The summed E-state index contributed by atoms with van der Waals surface area (Å²) >= 11 is 0. The smallest absolute Gasteiger partial charge is 0.155 e. The van der Waals surface area contributed by atoms with Crippen LogP contribution in [0.5, 0.6) is 0 Å². The molecule has 1 aliphatic carbocycles. The van der Waals surface area contributed by atoms with Gasteiger partial charge in [-0.05, 0) is 6.42 Å². The van der Waals surface area contributed by atoms with Crippen molar-refractivity contribution in [2.75, 3.05) is 0 Å². The molecule has 1 heterocycles. The maximum Gasteiger partial charge on any atom is 0.155 e. The van der Waals surface area contributed by atoms with Gasteiger partial charge >= 0.3 is 0 Å². The van der Waals surface area contributed by atoms with E-state index in [1.165, 1.54) is 0 Å². The highest BCUT2D eigenvalue weighted by molar-refractivity contribution is 5.04. The lowest BCUT2D eigenvalue weighted by atomic mass is 10.1. The van der Waals surface area contributed by atoms with E-state index in [1.807, 2.05) is 0 Å². The van der Waals surface area contributed by atoms with Crippen molar-refractivity contribution in [2.24, 2.45) is 5.92 Å². The van der Waals surface area contributed by atoms with Crippen molar-refractivity contribution in [1.82, 2.24) is 0 Å². The second-order valence-corrected chi connectivity index (χ2v) is 2.69. The van der Waals surface area contributed by atoms with Gasteiger partial charge < -0.3 is 9.84 Å². The van der Waals surface area contributed by atoms with Crippen molar-refractivity contribution in [1.29, 1.82) is 0 Å². The van der Waals surface area contributed by atoms with Gasteiger partial charge in [-0.25, -0.2) is 0 Å². The number of aliphatic hydroxyl groups is 1. The zero-order chi connectivity index (χ0) is 6.27. The second kappa shape index (κ2) is 1.82. The SMILES string of the molecule is OC1C[C@H]2C=CC[C@H]2O1. The number of hydrogen-bond acceptors (Lipinski definition) is 2. The van der Waals surface area contributed by atoms with Gasteiger partial charge in [0.05, 0.1) is 6.10 Å². The summed E-state index contributed by atoms with van der Waals surface area (Å²) in [5.74, 6) is 0.500. The minimum Gasteiger partial charge on any atom is -0.368 e. The van der Waals surface area contributed by atoms with Crippen LogP contribution in [0.25, 0.3) is 0 Å². The highest BCUT2D eigenvalue weighted by Gasteiger charge is 2.34. The molecule has 1 saturated heterocycles. The summed E-state index contributed by atoms with van der Waals surface area (Å²) in [6.07, 6.45) is 5.84. The molecule has 2 rings (SSSR count). The first kappa shape index (κ1) is 5.45. The first-order valence-corrected chi connectivity index (χ1v) is 3.36. The average molecular weight is 126 g/mol. The van der Waals surface area contributed by atoms with Gasteiger partial charge in [-0.1, -0.05) is 12.2 Å². The van der Waals surface area contributed by atoms with Crippen LogP contribution in [0, 0.1) is 5.92 Å². The average Bonchev–Trinajstić information content (AvgIpc) is 2.22. The summed E-state index contributed by atoms with van der Waals surface area (Å²) in [5.41, 5.74) is 0. The van der Waals surface area contributed by atoms with E-state index in [2.05, 4.69) is 12.2 Å². The third-order valence-electron chi connectivity index (χ3n) is 2.03. The molecule has 0 spiro atoms. The van der Waals surface area contributed by atoms with Crippen molar-refractivity contribution in [3.63, 3.8) is 0 Å². The molecular weight excluding hydrogens is 116 g/mol. The number of rotatable bonds is 0. The standard InChI is InChI=1S/C7H10O2/c8-7-4-5-2-1-3-6(5)9-7/h1-2,5-8H,3-4H2/t5-,6-,7?/m1/s1. The Bertz CT molecular complexity index is 142. The lowest BCUT2D eigenvalue weighted by Gasteiger charge is -2.05. The molecule has 2 nitrogen and oxygen atoms in total. The fourth-order valence-corrected chi connectivity index (χ4v) is 1.56. The first-order chi connectivity index (χ1) is 4.36. The van der Waals surface area contributed by atoms with Crippen molar-refractivity contribution in [3.8, 4) is 0 Å². The van der Waals surface area contributed by atoms with Crippen LogP contribution in [0.15, 0.2) is 12.2 Å². The highest BCUT2D eigenvalue weighted by atomic mass is 16.6. The third kappa shape index (κ3) is 0.787. The summed E-state index contributed by atoms with van der Waals surface area (Å²) in [7, 11) is 0. The van der Waals surface area contributed by atoms with Crippen LogP contribution in [0.1, 0.15) is 12.8 Å². The number of aliphatic hydroxyl groups excluding tert-OH is 1. The normalized spacial score (nSPS) is 47.9. The summed E-state index contributed by atoms with van der Waals surface area (Å²) in [4.78, 5) is 0. The molecule has 0 aromatic rings. The van der Waals surface area contributed by atoms with Gasteiger partial charge in [0.2, 0.25) is 0 Å². The van der Waals surface area contributed by atoms with Crippen molar-refractivity contribution in [3.05, 3.63) is 12.2 Å². The topological polar surface area (TPSA) is 29.5 Å². The summed E-state index contributed by atoms with van der Waals surface area (Å²) < 4.78 is 5.18. The maximum atomic E-state index is 8.98. The molecule has 1 aliphatic heterocycles. The van der Waals surface area contributed by atoms with Crippen LogP contribution < -0.4 is 0 Å². The quantitative estimate of drug-likeness (QED) is 0.483. The molecule has 3 atom stereocenters. The number of ether oxygens (including phenoxy) is 1. The molecule has 0 radical (unpaired) electrons. The van der Waals surface area contributed by atoms with Crippen LogP contribution >= 0.6 is 0 Å². The van der Waals surface area contributed by atoms with Gasteiger partial charge in [-0.2, -0.15) is 0 Å². The molecule has 1 unspecified atom stereocenters. The Labute approximate surface area is 54.1 Å². The third-order valence-corrected chi connectivity index (χ3v) is 2.03. The van der Waals surface area contributed by atoms with Gasteiger partial charge in [-0.3, -0.25) is 0 Å². The molecule has 1 fully saturated rings. The van der Waals surface area contributed by atoms with Crippen LogP contribution in [0.3, 0.4) is 0 Å². The van der Waals surface area contributed by atoms with Gasteiger partial charge in [0, 0.05) is 12.3 Å². The Kier molecular flexibility index (Phi) is 1.10. The van der Waals surface area contributed by atoms with Crippen molar-refractivity contribution < 1.29 is 9.84 Å². The molecular formula is C7H10O2. The number of fused-ring (bicyclic) bond motifs is 1. The largest absolute Gasteiger partial charge is 0.368 e. The Balaban J connectivity index is 2.08. The molecule has 2 aliphatic rings. The van der Waals surface area contributed by atoms with E-state index < -0.39 is 6.29 Å². The van der Waals surface area contributed by atoms with Crippen LogP contribution in [-0.4, -0.2) is 17.5 Å². The molecule has 50 valence electrons. The highest BCUT2D eigenvalue weighted by Crippen LogP contribution is 2.32. The summed E-state index contributed by atoms with van der Waals surface area (Å²) in [6, 6.07) is 0. The minimum absolute atomic E-state index is 0.292. The summed E-state index contributed by atoms with van der Waals surface area (Å²) in [6.45, 7) is 0.